The van der Waals surface area contributed by atoms with Crippen molar-refractivity contribution < 1.29 is 4.79 Å². The van der Waals surface area contributed by atoms with E-state index in [9.17, 15) is 4.79 Å². The lowest BCUT2D eigenvalue weighted by Gasteiger charge is -2.36. The fourth-order valence-electron chi connectivity index (χ4n) is 3.14. The van der Waals surface area contributed by atoms with E-state index in [1.807, 2.05) is 30.1 Å². The van der Waals surface area contributed by atoms with Gasteiger partial charge in [0.05, 0.1) is 11.0 Å². The van der Waals surface area contributed by atoms with Crippen molar-refractivity contribution in [3.63, 3.8) is 0 Å². The maximum absolute atomic E-state index is 11.5. The summed E-state index contributed by atoms with van der Waals surface area (Å²) in [6.45, 7) is 8.12. The molecule has 1 aromatic carbocycles. The molecule has 2 heterocycles. The Labute approximate surface area is 171 Å². The number of nitrogens with one attached hydrogen (secondary N) is 1. The molecule has 0 saturated carbocycles. The van der Waals surface area contributed by atoms with E-state index >= 15 is 0 Å². The molecule has 0 bridgehead atoms. The normalized spacial score (nSPS) is 15.1. The van der Waals surface area contributed by atoms with Crippen molar-refractivity contribution in [2.24, 2.45) is 12.0 Å². The predicted octanol–water partition coefficient (Wildman–Crippen LogP) is 1.82. The van der Waals surface area contributed by atoms with E-state index in [1.165, 1.54) is 0 Å². The molecule has 7 nitrogen and oxygen atoms in total. The van der Waals surface area contributed by atoms with Crippen LogP contribution in [0.1, 0.15) is 19.7 Å². The quantitative estimate of drug-likeness (QED) is 0.423. The van der Waals surface area contributed by atoms with Crippen LogP contribution in [0.4, 0.5) is 0 Å². The molecule has 1 aliphatic heterocycles. The number of aliphatic imine (C=N–C) groups is 1. The van der Waals surface area contributed by atoms with Gasteiger partial charge in [-0.15, -0.1) is 24.0 Å². The smallest absolute Gasteiger partial charge is 0.219 e. The van der Waals surface area contributed by atoms with Crippen LogP contribution in [-0.2, 0) is 18.4 Å². The Balaban J connectivity index is 0.00000243. The van der Waals surface area contributed by atoms with Crippen LogP contribution in [0.2, 0.25) is 0 Å². The number of aryl methyl sites for hydroxylation is 1. The number of imidazole rings is 1. The first-order valence-electron chi connectivity index (χ1n) is 8.79. The Morgan fingerprint density at radius 1 is 1.19 bits per heavy atom. The number of carbonyl (C=O) groups is 1. The summed E-state index contributed by atoms with van der Waals surface area (Å²) < 4.78 is 2.09. The van der Waals surface area contributed by atoms with Crippen molar-refractivity contribution in [3.05, 3.63) is 30.1 Å². The van der Waals surface area contributed by atoms with Gasteiger partial charge in [-0.3, -0.25) is 4.79 Å². The second-order valence-electron chi connectivity index (χ2n) is 6.24. The summed E-state index contributed by atoms with van der Waals surface area (Å²) in [7, 11) is 2.03. The second kappa shape index (κ2) is 9.20. The number of aromatic nitrogens is 2. The monoisotopic (exact) mass is 470 g/mol. The Bertz CT molecular complexity index is 779. The summed E-state index contributed by atoms with van der Waals surface area (Å²) in [6.07, 6.45) is 0. The first-order chi connectivity index (χ1) is 12.1. The standard InChI is InChI=1S/C18H26N6O.HI/c1-4-19-18(24-11-9-23(10-12-24)14(2)25)20-13-17-21-15-7-5-6-8-16(15)22(17)3;/h5-8H,4,9-13H2,1-3H3,(H,19,20);1H. The Hall–Kier alpha value is -1.84. The average Bonchev–Trinajstić information content (AvgIpc) is 2.95. The molecule has 3 rings (SSSR count). The van der Waals surface area contributed by atoms with E-state index in [1.54, 1.807) is 6.92 Å². The molecule has 0 radical (unpaired) electrons. The SMILES string of the molecule is CCNC(=NCc1nc2ccccc2n1C)N1CCN(C(C)=O)CC1.I. The summed E-state index contributed by atoms with van der Waals surface area (Å²) in [6, 6.07) is 8.12. The van der Waals surface area contributed by atoms with Crippen molar-refractivity contribution in [1.29, 1.82) is 0 Å². The van der Waals surface area contributed by atoms with Crippen molar-refractivity contribution in [3.8, 4) is 0 Å². The van der Waals surface area contributed by atoms with Crippen molar-refractivity contribution in [1.82, 2.24) is 24.7 Å². The molecule has 1 aliphatic rings. The van der Waals surface area contributed by atoms with E-state index < -0.39 is 0 Å². The lowest BCUT2D eigenvalue weighted by atomic mass is 10.3. The van der Waals surface area contributed by atoms with Gasteiger partial charge >= 0.3 is 0 Å². The summed E-state index contributed by atoms with van der Waals surface area (Å²) in [5.74, 6) is 1.97. The van der Waals surface area contributed by atoms with Gasteiger partial charge in [0, 0.05) is 46.7 Å². The Morgan fingerprint density at radius 3 is 2.46 bits per heavy atom. The number of fused-ring (bicyclic) bond motifs is 1. The molecule has 1 saturated heterocycles. The van der Waals surface area contributed by atoms with Gasteiger partial charge in [0.25, 0.3) is 0 Å². The number of rotatable bonds is 3. The summed E-state index contributed by atoms with van der Waals surface area (Å²) in [5, 5.41) is 3.36. The van der Waals surface area contributed by atoms with Crippen LogP contribution in [0, 0.1) is 0 Å². The molecule has 0 aliphatic carbocycles. The minimum Gasteiger partial charge on any atom is -0.357 e. The highest BCUT2D eigenvalue weighted by molar-refractivity contribution is 14.0. The fourth-order valence-corrected chi connectivity index (χ4v) is 3.14. The summed E-state index contributed by atoms with van der Waals surface area (Å²) in [4.78, 5) is 25.0. The number of benzene rings is 1. The van der Waals surface area contributed by atoms with Gasteiger partial charge in [-0.25, -0.2) is 9.98 Å². The summed E-state index contributed by atoms with van der Waals surface area (Å²) in [5.41, 5.74) is 2.11. The predicted molar refractivity (Wildman–Crippen MR) is 115 cm³/mol. The van der Waals surface area contributed by atoms with Crippen LogP contribution < -0.4 is 5.32 Å². The second-order valence-corrected chi connectivity index (χ2v) is 6.24. The molecular weight excluding hydrogens is 443 g/mol. The number of piperazine rings is 1. The fraction of sp³-hybridized carbons (Fsp3) is 0.500. The first-order valence-corrected chi connectivity index (χ1v) is 8.79. The molecule has 1 amide bonds. The van der Waals surface area contributed by atoms with E-state index in [0.29, 0.717) is 6.54 Å². The number of hydrogen-bond donors (Lipinski definition) is 1. The van der Waals surface area contributed by atoms with Gasteiger partial charge in [-0.05, 0) is 19.1 Å². The third kappa shape index (κ3) is 4.46. The maximum Gasteiger partial charge on any atom is 0.219 e. The zero-order valence-corrected chi connectivity index (χ0v) is 17.9. The molecule has 2 aromatic rings. The minimum atomic E-state index is 0. The van der Waals surface area contributed by atoms with Gasteiger partial charge in [-0.1, -0.05) is 12.1 Å². The van der Waals surface area contributed by atoms with E-state index in [2.05, 4.69) is 32.8 Å². The molecule has 1 aromatic heterocycles. The van der Waals surface area contributed by atoms with Crippen LogP contribution in [0.5, 0.6) is 0 Å². The van der Waals surface area contributed by atoms with Gasteiger partial charge in [0.1, 0.15) is 12.4 Å². The van der Waals surface area contributed by atoms with E-state index in [4.69, 9.17) is 4.99 Å². The molecule has 8 heteroatoms. The topological polar surface area (TPSA) is 65.8 Å². The van der Waals surface area contributed by atoms with E-state index in [-0.39, 0.29) is 29.9 Å². The Morgan fingerprint density at radius 2 is 1.85 bits per heavy atom. The number of halogens is 1. The highest BCUT2D eigenvalue weighted by atomic mass is 127. The highest BCUT2D eigenvalue weighted by Gasteiger charge is 2.21. The zero-order valence-electron chi connectivity index (χ0n) is 15.6. The largest absolute Gasteiger partial charge is 0.357 e. The average molecular weight is 470 g/mol. The van der Waals surface area contributed by atoms with E-state index in [0.717, 1.165) is 55.5 Å². The minimum absolute atomic E-state index is 0. The number of hydrogen-bond acceptors (Lipinski definition) is 3. The molecular formula is C18H27IN6O. The molecule has 26 heavy (non-hydrogen) atoms. The number of amides is 1. The van der Waals surface area contributed by atoms with Gasteiger partial charge in [-0.2, -0.15) is 0 Å². The Kier molecular flexibility index (Phi) is 7.24. The molecule has 0 spiro atoms. The molecule has 1 N–H and O–H groups in total. The van der Waals surface area contributed by atoms with Gasteiger partial charge in [0.15, 0.2) is 5.96 Å². The zero-order chi connectivity index (χ0) is 17.8. The molecule has 0 unspecified atom stereocenters. The van der Waals surface area contributed by atoms with Crippen molar-refractivity contribution in [2.75, 3.05) is 32.7 Å². The van der Waals surface area contributed by atoms with Crippen LogP contribution in [0.15, 0.2) is 29.3 Å². The van der Waals surface area contributed by atoms with Crippen molar-refractivity contribution >= 4 is 46.9 Å². The molecule has 142 valence electrons. The van der Waals surface area contributed by atoms with Crippen LogP contribution >= 0.6 is 24.0 Å². The lowest BCUT2D eigenvalue weighted by molar-refractivity contribution is -0.130. The highest BCUT2D eigenvalue weighted by Crippen LogP contribution is 2.15. The number of guanidine groups is 1. The lowest BCUT2D eigenvalue weighted by Crippen LogP contribution is -2.53. The number of nitrogens with zero attached hydrogens (tertiary/aromatic N) is 5. The van der Waals surface area contributed by atoms with Crippen LogP contribution in [-0.4, -0.2) is 63.9 Å². The third-order valence-electron chi connectivity index (χ3n) is 4.61. The number of para-hydroxylation sites is 2. The molecule has 0 atom stereocenters. The first kappa shape index (κ1) is 20.5. The summed E-state index contributed by atoms with van der Waals surface area (Å²) >= 11 is 0. The van der Waals surface area contributed by atoms with Crippen molar-refractivity contribution in [2.45, 2.75) is 20.4 Å². The van der Waals surface area contributed by atoms with Crippen LogP contribution in [0.3, 0.4) is 0 Å². The van der Waals surface area contributed by atoms with Crippen LogP contribution in [0.25, 0.3) is 11.0 Å². The number of carbonyl (C=O) groups excluding carboxylic acids is 1. The van der Waals surface area contributed by atoms with Gasteiger partial charge < -0.3 is 19.7 Å². The molecule has 1 fully saturated rings. The third-order valence-corrected chi connectivity index (χ3v) is 4.61. The van der Waals surface area contributed by atoms with Gasteiger partial charge in [0.2, 0.25) is 5.91 Å². The maximum atomic E-state index is 11.5.